The zero-order valence-corrected chi connectivity index (χ0v) is 15.1. The molecule has 2 N–H and O–H groups in total. The average molecular weight is 404 g/mol. The largest absolute Gasteiger partial charge is 0.405 e. The number of sulfonamides is 1. The maximum atomic E-state index is 12.4. The van der Waals surface area contributed by atoms with Gasteiger partial charge in [-0.2, -0.15) is 13.2 Å². The molecule has 5 nitrogen and oxygen atoms in total. The average Bonchev–Trinajstić information content (AvgIpc) is 2.59. The minimum Gasteiger partial charge on any atom is -0.343 e. The van der Waals surface area contributed by atoms with Crippen LogP contribution in [0.15, 0.2) is 58.3 Å². The standard InChI is InChI=1S/C16H15F3N2O3S2/c1-25-14-5-3-2-4-13(14)21-26(23,24)12-8-6-11(7-9-12)15(22)20-10-16(17,18)19/h2-9,21H,10H2,1H3,(H,20,22). The fourth-order valence-electron chi connectivity index (χ4n) is 2.00. The second-order valence-electron chi connectivity index (χ2n) is 5.13. The molecule has 10 heteroatoms. The van der Waals surface area contributed by atoms with E-state index in [1.807, 2.05) is 6.26 Å². The zero-order valence-electron chi connectivity index (χ0n) is 13.5. The van der Waals surface area contributed by atoms with Crippen LogP contribution in [0.1, 0.15) is 10.4 Å². The van der Waals surface area contributed by atoms with Crippen molar-refractivity contribution in [3.05, 3.63) is 54.1 Å². The first-order valence-electron chi connectivity index (χ1n) is 7.23. The van der Waals surface area contributed by atoms with Crippen molar-refractivity contribution in [2.75, 3.05) is 17.5 Å². The van der Waals surface area contributed by atoms with Crippen LogP contribution in [0.25, 0.3) is 0 Å². The normalized spacial score (nSPS) is 11.8. The number of alkyl halides is 3. The number of anilines is 1. The fraction of sp³-hybridized carbons (Fsp3) is 0.188. The number of amides is 1. The maximum Gasteiger partial charge on any atom is 0.405 e. The number of carbonyl (C=O) groups excluding carboxylic acids is 1. The Bertz CT molecular complexity index is 882. The first-order valence-corrected chi connectivity index (χ1v) is 9.94. The van der Waals surface area contributed by atoms with E-state index < -0.39 is 28.7 Å². The first-order chi connectivity index (χ1) is 12.1. The summed E-state index contributed by atoms with van der Waals surface area (Å²) < 4.78 is 63.7. The van der Waals surface area contributed by atoms with Crippen LogP contribution in [0.2, 0.25) is 0 Å². The highest BCUT2D eigenvalue weighted by atomic mass is 32.2. The molecule has 2 aromatic carbocycles. The van der Waals surface area contributed by atoms with E-state index in [9.17, 15) is 26.4 Å². The van der Waals surface area contributed by atoms with E-state index in [0.717, 1.165) is 29.2 Å². The van der Waals surface area contributed by atoms with E-state index in [4.69, 9.17) is 0 Å². The smallest absolute Gasteiger partial charge is 0.343 e. The quantitative estimate of drug-likeness (QED) is 0.723. The highest BCUT2D eigenvalue weighted by Crippen LogP contribution is 2.27. The van der Waals surface area contributed by atoms with Gasteiger partial charge in [-0.1, -0.05) is 12.1 Å². The summed E-state index contributed by atoms with van der Waals surface area (Å²) in [5.41, 5.74) is 0.338. The summed E-state index contributed by atoms with van der Waals surface area (Å²) in [7, 11) is -3.90. The predicted molar refractivity (Wildman–Crippen MR) is 93.9 cm³/mol. The summed E-state index contributed by atoms with van der Waals surface area (Å²) in [4.78, 5) is 12.3. The molecule has 0 aliphatic rings. The van der Waals surface area contributed by atoms with Gasteiger partial charge in [0, 0.05) is 10.5 Å². The molecule has 0 aliphatic heterocycles. The van der Waals surface area contributed by atoms with Gasteiger partial charge in [-0.3, -0.25) is 9.52 Å². The maximum absolute atomic E-state index is 12.4. The predicted octanol–water partition coefficient (Wildman–Crippen LogP) is 3.50. The second-order valence-corrected chi connectivity index (χ2v) is 7.66. The summed E-state index contributed by atoms with van der Waals surface area (Å²) >= 11 is 1.37. The van der Waals surface area contributed by atoms with Crippen LogP contribution in [0.3, 0.4) is 0 Å². The van der Waals surface area contributed by atoms with Gasteiger partial charge in [0.25, 0.3) is 15.9 Å². The van der Waals surface area contributed by atoms with Gasteiger partial charge in [0.05, 0.1) is 10.6 Å². The molecule has 140 valence electrons. The summed E-state index contributed by atoms with van der Waals surface area (Å²) in [5, 5.41) is 1.72. The van der Waals surface area contributed by atoms with Crippen LogP contribution in [0.5, 0.6) is 0 Å². The van der Waals surface area contributed by atoms with E-state index in [2.05, 4.69) is 4.72 Å². The molecule has 26 heavy (non-hydrogen) atoms. The lowest BCUT2D eigenvalue weighted by Crippen LogP contribution is -2.33. The molecule has 0 saturated carbocycles. The summed E-state index contributed by atoms with van der Waals surface area (Å²) in [6, 6.07) is 11.5. The highest BCUT2D eigenvalue weighted by Gasteiger charge is 2.28. The van der Waals surface area contributed by atoms with Crippen LogP contribution >= 0.6 is 11.8 Å². The summed E-state index contributed by atoms with van der Waals surface area (Å²) in [6.45, 7) is -1.46. The molecule has 0 fully saturated rings. The Hall–Kier alpha value is -2.20. The van der Waals surface area contributed by atoms with Crippen molar-refractivity contribution in [3.8, 4) is 0 Å². The number of hydrogen-bond acceptors (Lipinski definition) is 4. The van der Waals surface area contributed by atoms with Crippen LogP contribution in [0.4, 0.5) is 18.9 Å². The Morgan fingerprint density at radius 2 is 1.69 bits per heavy atom. The van der Waals surface area contributed by atoms with Gasteiger partial charge in [0.15, 0.2) is 0 Å². The van der Waals surface area contributed by atoms with E-state index in [-0.39, 0.29) is 10.5 Å². The number of para-hydroxylation sites is 1. The van der Waals surface area contributed by atoms with E-state index >= 15 is 0 Å². The Kier molecular flexibility index (Phi) is 6.19. The number of benzene rings is 2. The lowest BCUT2D eigenvalue weighted by atomic mass is 10.2. The van der Waals surface area contributed by atoms with Crippen LogP contribution in [0, 0.1) is 0 Å². The molecule has 0 atom stereocenters. The van der Waals surface area contributed by atoms with Crippen molar-refractivity contribution in [1.82, 2.24) is 5.32 Å². The van der Waals surface area contributed by atoms with Crippen LogP contribution in [-0.2, 0) is 10.0 Å². The molecule has 0 aliphatic carbocycles. The lowest BCUT2D eigenvalue weighted by Gasteiger charge is -2.12. The van der Waals surface area contributed by atoms with Crippen molar-refractivity contribution in [1.29, 1.82) is 0 Å². The van der Waals surface area contributed by atoms with Gasteiger partial charge in [-0.05, 0) is 42.7 Å². The van der Waals surface area contributed by atoms with Crippen molar-refractivity contribution >= 4 is 33.4 Å². The lowest BCUT2D eigenvalue weighted by molar-refractivity contribution is -0.123. The second kappa shape index (κ2) is 8.00. The fourth-order valence-corrected chi connectivity index (χ4v) is 3.70. The van der Waals surface area contributed by atoms with Crippen LogP contribution in [-0.4, -0.2) is 33.3 Å². The molecule has 0 aromatic heterocycles. The molecule has 0 saturated heterocycles. The molecule has 0 heterocycles. The zero-order chi connectivity index (χ0) is 19.4. The molecule has 0 spiro atoms. The molecule has 0 radical (unpaired) electrons. The molecule has 2 aromatic rings. The third-order valence-corrected chi connectivity index (χ3v) is 5.40. The molecule has 1 amide bonds. The summed E-state index contributed by atoms with van der Waals surface area (Å²) in [6.07, 6.45) is -2.71. The number of rotatable bonds is 6. The molecule has 0 unspecified atom stereocenters. The Balaban J connectivity index is 2.15. The third kappa shape index (κ3) is 5.40. The highest BCUT2D eigenvalue weighted by molar-refractivity contribution is 7.99. The molecule has 0 bridgehead atoms. The monoisotopic (exact) mass is 404 g/mol. The molecular weight excluding hydrogens is 389 g/mol. The number of nitrogens with one attached hydrogen (secondary N) is 2. The van der Waals surface area contributed by atoms with Gasteiger partial charge in [0.1, 0.15) is 6.54 Å². The van der Waals surface area contributed by atoms with Crippen molar-refractivity contribution in [2.45, 2.75) is 16.0 Å². The van der Waals surface area contributed by atoms with Gasteiger partial charge in [-0.15, -0.1) is 11.8 Å². The SMILES string of the molecule is CSc1ccccc1NS(=O)(=O)c1ccc(C(=O)NCC(F)(F)F)cc1. The van der Waals surface area contributed by atoms with Crippen LogP contribution < -0.4 is 10.0 Å². The van der Waals surface area contributed by atoms with Gasteiger partial charge >= 0.3 is 6.18 Å². The van der Waals surface area contributed by atoms with E-state index in [1.165, 1.54) is 11.8 Å². The minimum absolute atomic E-state index is 0.0716. The van der Waals surface area contributed by atoms with Gasteiger partial charge < -0.3 is 5.32 Å². The van der Waals surface area contributed by atoms with E-state index in [1.54, 1.807) is 29.6 Å². The number of halogens is 3. The summed E-state index contributed by atoms with van der Waals surface area (Å²) in [5.74, 6) is -0.938. The van der Waals surface area contributed by atoms with E-state index in [0.29, 0.717) is 5.69 Å². The number of hydrogen-bond donors (Lipinski definition) is 2. The minimum atomic E-state index is -4.52. The first kappa shape index (κ1) is 20.1. The topological polar surface area (TPSA) is 75.3 Å². The Morgan fingerprint density at radius 3 is 2.27 bits per heavy atom. The number of carbonyl (C=O) groups is 1. The molecule has 2 rings (SSSR count). The van der Waals surface area contributed by atoms with Crippen molar-refractivity contribution in [2.24, 2.45) is 0 Å². The molecular formula is C16H15F3N2O3S2. The van der Waals surface area contributed by atoms with Crippen molar-refractivity contribution in [3.63, 3.8) is 0 Å². The van der Waals surface area contributed by atoms with Crippen molar-refractivity contribution < 1.29 is 26.4 Å². The third-order valence-electron chi connectivity index (χ3n) is 3.23. The Morgan fingerprint density at radius 1 is 1.08 bits per heavy atom. The van der Waals surface area contributed by atoms with Gasteiger partial charge in [-0.25, -0.2) is 8.42 Å². The van der Waals surface area contributed by atoms with Gasteiger partial charge in [0.2, 0.25) is 0 Å². The number of thioether (sulfide) groups is 1. The Labute approximate surface area is 153 Å².